The van der Waals surface area contributed by atoms with Gasteiger partial charge in [0.2, 0.25) is 0 Å². The lowest BCUT2D eigenvalue weighted by Gasteiger charge is -2.34. The van der Waals surface area contributed by atoms with Gasteiger partial charge in [-0.1, -0.05) is 72.8 Å². The summed E-state index contributed by atoms with van der Waals surface area (Å²) in [5.74, 6) is 0.178. The molecule has 1 amide bonds. The quantitative estimate of drug-likeness (QED) is 0.625. The van der Waals surface area contributed by atoms with Crippen LogP contribution in [0.25, 0.3) is 11.1 Å². The topological polar surface area (TPSA) is 40.6 Å². The fraction of sp³-hybridized carbons (Fsp3) is 0.200. The summed E-state index contributed by atoms with van der Waals surface area (Å²) in [5, 5.41) is 0. The summed E-state index contributed by atoms with van der Waals surface area (Å²) in [7, 11) is 0. The predicted molar refractivity (Wildman–Crippen MR) is 115 cm³/mol. The lowest BCUT2D eigenvalue weighted by Crippen LogP contribution is -2.49. The van der Waals surface area contributed by atoms with Crippen LogP contribution in [0.1, 0.15) is 20.7 Å². The Labute approximate surface area is 171 Å². The molecule has 1 aliphatic rings. The number of carbonyl (C=O) groups is 2. The van der Waals surface area contributed by atoms with Crippen LogP contribution in [0.3, 0.4) is 0 Å². The van der Waals surface area contributed by atoms with E-state index in [1.807, 2.05) is 89.8 Å². The third-order valence-electron chi connectivity index (χ3n) is 5.34. The van der Waals surface area contributed by atoms with Gasteiger partial charge in [0, 0.05) is 37.3 Å². The number of ketones is 1. The van der Waals surface area contributed by atoms with Crippen molar-refractivity contribution in [1.82, 2.24) is 9.80 Å². The van der Waals surface area contributed by atoms with Crippen LogP contribution in [0.15, 0.2) is 84.9 Å². The number of Topliss-reactive ketones (excluding diaryl/α,β-unsaturated/α-hetero) is 1. The van der Waals surface area contributed by atoms with Gasteiger partial charge in [0.05, 0.1) is 6.54 Å². The number of nitrogens with zero attached hydrogens (tertiary/aromatic N) is 2. The number of piperazine rings is 1. The lowest BCUT2D eigenvalue weighted by atomic mass is 10.0. The van der Waals surface area contributed by atoms with E-state index in [1.165, 1.54) is 0 Å². The van der Waals surface area contributed by atoms with E-state index >= 15 is 0 Å². The fourth-order valence-corrected chi connectivity index (χ4v) is 3.67. The van der Waals surface area contributed by atoms with E-state index in [2.05, 4.69) is 4.90 Å². The Morgan fingerprint density at radius 2 is 1.24 bits per heavy atom. The molecule has 0 saturated carbocycles. The fourth-order valence-electron chi connectivity index (χ4n) is 3.67. The molecule has 1 heterocycles. The third kappa shape index (κ3) is 4.61. The smallest absolute Gasteiger partial charge is 0.253 e. The van der Waals surface area contributed by atoms with Gasteiger partial charge in [0.25, 0.3) is 5.91 Å². The zero-order valence-electron chi connectivity index (χ0n) is 16.3. The van der Waals surface area contributed by atoms with Crippen LogP contribution in [0.2, 0.25) is 0 Å². The molecule has 0 spiro atoms. The highest BCUT2D eigenvalue weighted by Crippen LogP contribution is 2.21. The number of hydrogen-bond acceptors (Lipinski definition) is 3. The molecule has 1 fully saturated rings. The van der Waals surface area contributed by atoms with Crippen LogP contribution in [-0.2, 0) is 0 Å². The van der Waals surface area contributed by atoms with Crippen molar-refractivity contribution in [3.05, 3.63) is 96.1 Å². The predicted octanol–water partition coefficient (Wildman–Crippen LogP) is 3.99. The maximum Gasteiger partial charge on any atom is 0.253 e. The molecule has 3 aromatic rings. The molecule has 0 bridgehead atoms. The molecule has 0 unspecified atom stereocenters. The van der Waals surface area contributed by atoms with Gasteiger partial charge in [-0.15, -0.1) is 0 Å². The molecule has 4 nitrogen and oxygen atoms in total. The zero-order valence-corrected chi connectivity index (χ0v) is 16.3. The molecule has 0 N–H and O–H groups in total. The zero-order chi connectivity index (χ0) is 20.1. The molecule has 1 aliphatic heterocycles. The Kier molecular flexibility index (Phi) is 5.82. The summed E-state index contributed by atoms with van der Waals surface area (Å²) in [6.45, 7) is 3.09. The monoisotopic (exact) mass is 384 g/mol. The van der Waals surface area contributed by atoms with Gasteiger partial charge in [-0.05, 0) is 23.3 Å². The Bertz CT molecular complexity index is 978. The normalized spacial score (nSPS) is 14.6. The van der Waals surface area contributed by atoms with Crippen molar-refractivity contribution >= 4 is 11.7 Å². The minimum atomic E-state index is 0.0526. The molecular weight excluding hydrogens is 360 g/mol. The van der Waals surface area contributed by atoms with Gasteiger partial charge < -0.3 is 4.90 Å². The van der Waals surface area contributed by atoms with Crippen molar-refractivity contribution in [3.8, 4) is 11.1 Å². The van der Waals surface area contributed by atoms with E-state index in [4.69, 9.17) is 0 Å². The largest absolute Gasteiger partial charge is 0.336 e. The summed E-state index contributed by atoms with van der Waals surface area (Å²) in [4.78, 5) is 29.4. The second kappa shape index (κ2) is 8.84. The minimum Gasteiger partial charge on any atom is -0.336 e. The van der Waals surface area contributed by atoms with E-state index < -0.39 is 0 Å². The highest BCUT2D eigenvalue weighted by atomic mass is 16.2. The highest BCUT2D eigenvalue weighted by molar-refractivity contribution is 5.97. The SMILES string of the molecule is O=C(CN1CCN(C(=O)c2cccc(-c3ccccc3)c2)CC1)c1ccccc1. The average molecular weight is 384 g/mol. The van der Waals surface area contributed by atoms with Gasteiger partial charge in [-0.25, -0.2) is 0 Å². The van der Waals surface area contributed by atoms with E-state index in [-0.39, 0.29) is 11.7 Å². The molecule has 4 heteroatoms. The summed E-state index contributed by atoms with van der Waals surface area (Å²) in [6, 6.07) is 27.3. The molecule has 146 valence electrons. The van der Waals surface area contributed by atoms with E-state index in [9.17, 15) is 9.59 Å². The number of hydrogen-bond donors (Lipinski definition) is 0. The summed E-state index contributed by atoms with van der Waals surface area (Å²) in [6.07, 6.45) is 0. The Hall–Kier alpha value is -3.24. The van der Waals surface area contributed by atoms with Crippen LogP contribution < -0.4 is 0 Å². The Morgan fingerprint density at radius 1 is 0.655 bits per heavy atom. The molecular formula is C25H24N2O2. The highest BCUT2D eigenvalue weighted by Gasteiger charge is 2.23. The van der Waals surface area contributed by atoms with Crippen molar-refractivity contribution in [1.29, 1.82) is 0 Å². The minimum absolute atomic E-state index is 0.0526. The standard InChI is InChI=1S/C25H24N2O2/c28-24(21-10-5-2-6-11-21)19-26-14-16-27(17-15-26)25(29)23-13-7-12-22(18-23)20-8-3-1-4-9-20/h1-13,18H,14-17,19H2. The molecule has 3 aromatic carbocycles. The van der Waals surface area contributed by atoms with Gasteiger partial charge in [0.1, 0.15) is 0 Å². The maximum absolute atomic E-state index is 13.0. The van der Waals surface area contributed by atoms with Crippen LogP contribution in [-0.4, -0.2) is 54.2 Å². The third-order valence-corrected chi connectivity index (χ3v) is 5.34. The summed E-state index contributed by atoms with van der Waals surface area (Å²) < 4.78 is 0. The maximum atomic E-state index is 13.0. The molecule has 0 atom stereocenters. The van der Waals surface area contributed by atoms with Crippen LogP contribution in [0, 0.1) is 0 Å². The number of amides is 1. The molecule has 1 saturated heterocycles. The van der Waals surface area contributed by atoms with Gasteiger partial charge in [-0.2, -0.15) is 0 Å². The lowest BCUT2D eigenvalue weighted by molar-refractivity contribution is 0.0624. The van der Waals surface area contributed by atoms with Crippen LogP contribution in [0.4, 0.5) is 0 Å². The van der Waals surface area contributed by atoms with Crippen LogP contribution in [0.5, 0.6) is 0 Å². The van der Waals surface area contributed by atoms with Gasteiger partial charge >= 0.3 is 0 Å². The first kappa shape index (κ1) is 19.1. The van der Waals surface area contributed by atoms with Gasteiger partial charge in [0.15, 0.2) is 5.78 Å². The molecule has 0 aromatic heterocycles. The first-order valence-corrected chi connectivity index (χ1v) is 9.96. The molecule has 0 aliphatic carbocycles. The van der Waals surface area contributed by atoms with Crippen molar-refractivity contribution in [3.63, 3.8) is 0 Å². The van der Waals surface area contributed by atoms with Crippen molar-refractivity contribution in [2.24, 2.45) is 0 Å². The van der Waals surface area contributed by atoms with E-state index in [1.54, 1.807) is 0 Å². The van der Waals surface area contributed by atoms with Crippen molar-refractivity contribution in [2.75, 3.05) is 32.7 Å². The first-order valence-electron chi connectivity index (χ1n) is 9.96. The summed E-state index contributed by atoms with van der Waals surface area (Å²) >= 11 is 0. The Morgan fingerprint density at radius 3 is 1.93 bits per heavy atom. The second-order valence-corrected chi connectivity index (χ2v) is 7.30. The number of rotatable bonds is 5. The first-order chi connectivity index (χ1) is 14.2. The van der Waals surface area contributed by atoms with Crippen molar-refractivity contribution in [2.45, 2.75) is 0 Å². The molecule has 0 radical (unpaired) electrons. The summed E-state index contributed by atoms with van der Waals surface area (Å²) in [5.41, 5.74) is 3.60. The Balaban J connectivity index is 1.36. The molecule has 4 rings (SSSR count). The second-order valence-electron chi connectivity index (χ2n) is 7.30. The van der Waals surface area contributed by atoms with E-state index in [0.717, 1.165) is 16.7 Å². The van der Waals surface area contributed by atoms with Gasteiger partial charge in [-0.3, -0.25) is 14.5 Å². The van der Waals surface area contributed by atoms with Crippen molar-refractivity contribution < 1.29 is 9.59 Å². The average Bonchev–Trinajstić information content (AvgIpc) is 2.80. The number of carbonyl (C=O) groups excluding carboxylic acids is 2. The molecule has 29 heavy (non-hydrogen) atoms. The van der Waals surface area contributed by atoms with E-state index in [0.29, 0.717) is 38.3 Å². The number of benzene rings is 3. The van der Waals surface area contributed by atoms with Crippen LogP contribution >= 0.6 is 0 Å².